The summed E-state index contributed by atoms with van der Waals surface area (Å²) in [6.45, 7) is 1.66. The second-order valence-corrected chi connectivity index (χ2v) is 6.85. The normalized spacial score (nSPS) is 13.0. The molecule has 1 heterocycles. The molecule has 1 aliphatic carbocycles. The van der Waals surface area contributed by atoms with E-state index in [1.165, 1.54) is 6.07 Å². The lowest BCUT2D eigenvalue weighted by atomic mass is 9.96. The van der Waals surface area contributed by atoms with Crippen LogP contribution in [-0.4, -0.2) is 22.1 Å². The zero-order chi connectivity index (χ0) is 20.4. The van der Waals surface area contributed by atoms with Crippen LogP contribution in [0.3, 0.4) is 0 Å². The quantitative estimate of drug-likeness (QED) is 0.376. The number of nitrogens with one attached hydrogen (secondary N) is 1. The molecule has 1 N–H and O–H groups in total. The van der Waals surface area contributed by atoms with E-state index in [0.717, 1.165) is 18.4 Å². The summed E-state index contributed by atoms with van der Waals surface area (Å²) in [6.07, 6.45) is 1.93. The van der Waals surface area contributed by atoms with E-state index in [1.54, 1.807) is 37.3 Å². The third-order valence-corrected chi connectivity index (χ3v) is 4.70. The van der Waals surface area contributed by atoms with Gasteiger partial charge >= 0.3 is 0 Å². The predicted molar refractivity (Wildman–Crippen MR) is 103 cm³/mol. The highest BCUT2D eigenvalue weighted by Crippen LogP contribution is 2.29. The molecule has 1 aliphatic rings. The van der Waals surface area contributed by atoms with Crippen molar-refractivity contribution in [1.82, 2.24) is 15.5 Å². The van der Waals surface area contributed by atoms with Crippen molar-refractivity contribution < 1.29 is 13.6 Å². The van der Waals surface area contributed by atoms with Gasteiger partial charge in [-0.3, -0.25) is 4.79 Å². The largest absolute Gasteiger partial charge is 0.421 e. The standard InChI is InChI=1S/C20H17FN6O2/c1-11-16(8-14(9-17(11)21)19(28)24-15-6-7-15)12-2-4-13(5-3-12)20-26-25-18(29-20)10-23-27-22/h2-5,8-9,15H,6-7,10H2,1H3,(H,24,28). The van der Waals surface area contributed by atoms with Crippen LogP contribution in [0.25, 0.3) is 33.0 Å². The minimum absolute atomic E-state index is 0.0181. The topological polar surface area (TPSA) is 117 Å². The number of carbonyl (C=O) groups is 1. The molecule has 1 aromatic heterocycles. The maximum atomic E-state index is 14.4. The van der Waals surface area contributed by atoms with Gasteiger partial charge in [0.05, 0.1) is 0 Å². The Kier molecular flexibility index (Phi) is 4.97. The Balaban J connectivity index is 1.61. The van der Waals surface area contributed by atoms with E-state index >= 15 is 0 Å². The van der Waals surface area contributed by atoms with Crippen molar-refractivity contribution in [3.05, 3.63) is 69.7 Å². The molecule has 0 atom stereocenters. The summed E-state index contributed by atoms with van der Waals surface area (Å²) >= 11 is 0. The Morgan fingerprint density at radius 3 is 2.69 bits per heavy atom. The SMILES string of the molecule is Cc1c(F)cc(C(=O)NC2CC2)cc1-c1ccc(-c2nnc(CN=[N+]=[N-])o2)cc1. The van der Waals surface area contributed by atoms with Gasteiger partial charge in [-0.05, 0) is 66.3 Å². The first kappa shape index (κ1) is 18.6. The number of rotatable bonds is 6. The molecular weight excluding hydrogens is 375 g/mol. The molecule has 0 saturated heterocycles. The van der Waals surface area contributed by atoms with Gasteiger partial charge in [0.25, 0.3) is 5.91 Å². The second-order valence-electron chi connectivity index (χ2n) is 6.85. The summed E-state index contributed by atoms with van der Waals surface area (Å²) < 4.78 is 19.9. The molecule has 1 fully saturated rings. The zero-order valence-electron chi connectivity index (χ0n) is 15.6. The maximum Gasteiger partial charge on any atom is 0.251 e. The summed E-state index contributed by atoms with van der Waals surface area (Å²) in [4.78, 5) is 15.0. The van der Waals surface area contributed by atoms with E-state index in [-0.39, 0.29) is 24.4 Å². The zero-order valence-corrected chi connectivity index (χ0v) is 15.6. The Morgan fingerprint density at radius 1 is 1.28 bits per heavy atom. The van der Waals surface area contributed by atoms with Crippen LogP contribution in [0.5, 0.6) is 0 Å². The van der Waals surface area contributed by atoms with Crippen LogP contribution in [0.1, 0.15) is 34.7 Å². The molecule has 0 bridgehead atoms. The number of aromatic nitrogens is 2. The van der Waals surface area contributed by atoms with Crippen LogP contribution in [0.4, 0.5) is 4.39 Å². The van der Waals surface area contributed by atoms with E-state index in [1.807, 2.05) is 0 Å². The van der Waals surface area contributed by atoms with Crippen LogP contribution in [0.15, 0.2) is 45.9 Å². The average molecular weight is 392 g/mol. The molecule has 4 rings (SSSR count). The van der Waals surface area contributed by atoms with E-state index in [2.05, 4.69) is 25.5 Å². The molecule has 2 aromatic carbocycles. The van der Waals surface area contributed by atoms with Crippen LogP contribution in [0, 0.1) is 12.7 Å². The lowest BCUT2D eigenvalue weighted by molar-refractivity contribution is 0.0950. The Bertz CT molecular complexity index is 1110. The number of hydrogen-bond donors (Lipinski definition) is 1. The van der Waals surface area contributed by atoms with E-state index < -0.39 is 5.82 Å². The Labute approximate surface area is 165 Å². The molecular formula is C20H17FN6O2. The number of carbonyl (C=O) groups excluding carboxylic acids is 1. The molecule has 0 unspecified atom stereocenters. The molecule has 146 valence electrons. The molecule has 9 heteroatoms. The van der Waals surface area contributed by atoms with Gasteiger partial charge in [-0.15, -0.1) is 10.2 Å². The first-order chi connectivity index (χ1) is 14.0. The van der Waals surface area contributed by atoms with Crippen molar-refractivity contribution in [3.8, 4) is 22.6 Å². The third kappa shape index (κ3) is 4.09. The monoisotopic (exact) mass is 392 g/mol. The van der Waals surface area contributed by atoms with Crippen LogP contribution in [0.2, 0.25) is 0 Å². The summed E-state index contributed by atoms with van der Waals surface area (Å²) in [7, 11) is 0. The van der Waals surface area contributed by atoms with Crippen LogP contribution >= 0.6 is 0 Å². The Morgan fingerprint density at radius 2 is 2.00 bits per heavy atom. The first-order valence-corrected chi connectivity index (χ1v) is 9.10. The van der Waals surface area contributed by atoms with Gasteiger partial charge in [0, 0.05) is 22.1 Å². The number of hydrogen-bond acceptors (Lipinski definition) is 5. The summed E-state index contributed by atoms with van der Waals surface area (Å²) in [5, 5.41) is 14.0. The van der Waals surface area contributed by atoms with Gasteiger partial charge in [0.1, 0.15) is 12.4 Å². The summed E-state index contributed by atoms with van der Waals surface area (Å²) in [5.41, 5.74) is 11.2. The van der Waals surface area contributed by atoms with Crippen molar-refractivity contribution in [2.24, 2.45) is 5.11 Å². The highest BCUT2D eigenvalue weighted by Gasteiger charge is 2.24. The molecule has 3 aromatic rings. The fourth-order valence-corrected chi connectivity index (χ4v) is 2.92. The van der Waals surface area contributed by atoms with Gasteiger partial charge in [0.15, 0.2) is 0 Å². The minimum atomic E-state index is -0.424. The van der Waals surface area contributed by atoms with Gasteiger partial charge in [0.2, 0.25) is 11.8 Å². The number of amides is 1. The van der Waals surface area contributed by atoms with Crippen molar-refractivity contribution >= 4 is 5.91 Å². The second kappa shape index (κ2) is 7.73. The summed E-state index contributed by atoms with van der Waals surface area (Å²) in [6, 6.07) is 10.3. The molecule has 0 radical (unpaired) electrons. The van der Waals surface area contributed by atoms with E-state index in [9.17, 15) is 9.18 Å². The molecule has 0 spiro atoms. The number of benzene rings is 2. The number of nitrogens with zero attached hydrogens (tertiary/aromatic N) is 5. The molecule has 0 aliphatic heterocycles. The smallest absolute Gasteiger partial charge is 0.251 e. The molecule has 29 heavy (non-hydrogen) atoms. The van der Waals surface area contributed by atoms with Gasteiger partial charge in [-0.2, -0.15) is 0 Å². The maximum absolute atomic E-state index is 14.4. The lowest BCUT2D eigenvalue weighted by Gasteiger charge is -2.11. The Hall–Kier alpha value is -3.71. The van der Waals surface area contributed by atoms with E-state index in [4.69, 9.17) is 9.95 Å². The van der Waals surface area contributed by atoms with Gasteiger partial charge < -0.3 is 9.73 Å². The molecule has 1 amide bonds. The van der Waals surface area contributed by atoms with Crippen molar-refractivity contribution in [3.63, 3.8) is 0 Å². The molecule has 8 nitrogen and oxygen atoms in total. The van der Waals surface area contributed by atoms with Gasteiger partial charge in [-0.25, -0.2) is 4.39 Å². The van der Waals surface area contributed by atoms with Crippen LogP contribution < -0.4 is 5.32 Å². The average Bonchev–Trinajstić information content (AvgIpc) is 3.42. The van der Waals surface area contributed by atoms with E-state index in [0.29, 0.717) is 28.1 Å². The van der Waals surface area contributed by atoms with Crippen molar-refractivity contribution in [2.45, 2.75) is 32.4 Å². The van der Waals surface area contributed by atoms with Crippen molar-refractivity contribution in [1.29, 1.82) is 0 Å². The predicted octanol–water partition coefficient (Wildman–Crippen LogP) is 4.55. The minimum Gasteiger partial charge on any atom is -0.421 e. The highest BCUT2D eigenvalue weighted by molar-refractivity contribution is 5.96. The number of azide groups is 1. The number of halogens is 1. The van der Waals surface area contributed by atoms with Gasteiger partial charge in [-0.1, -0.05) is 17.2 Å². The highest BCUT2D eigenvalue weighted by atomic mass is 19.1. The summed E-state index contributed by atoms with van der Waals surface area (Å²) in [5.74, 6) is -0.177. The fourth-order valence-electron chi connectivity index (χ4n) is 2.92. The first-order valence-electron chi connectivity index (χ1n) is 9.10. The lowest BCUT2D eigenvalue weighted by Crippen LogP contribution is -2.25. The van der Waals surface area contributed by atoms with Crippen LogP contribution in [-0.2, 0) is 6.54 Å². The van der Waals surface area contributed by atoms with Crippen molar-refractivity contribution in [2.75, 3.05) is 0 Å². The fraction of sp³-hybridized carbons (Fsp3) is 0.250. The third-order valence-electron chi connectivity index (χ3n) is 4.70. The molecule has 1 saturated carbocycles.